The summed E-state index contributed by atoms with van der Waals surface area (Å²) in [5.41, 5.74) is 6.90. The van der Waals surface area contributed by atoms with Crippen LogP contribution in [0, 0.1) is 0 Å². The topological polar surface area (TPSA) is 75.1 Å². The van der Waals surface area contributed by atoms with Crippen molar-refractivity contribution in [2.45, 2.75) is 38.5 Å². The Morgan fingerprint density at radius 3 is 2.38 bits per heavy atom. The average molecular weight is 450 g/mol. The van der Waals surface area contributed by atoms with E-state index in [0.717, 1.165) is 59.5 Å². The van der Waals surface area contributed by atoms with Crippen molar-refractivity contribution in [3.63, 3.8) is 0 Å². The Morgan fingerprint density at radius 1 is 0.882 bits per heavy atom. The van der Waals surface area contributed by atoms with Crippen LogP contribution in [0.3, 0.4) is 0 Å². The number of aryl methyl sites for hydroxylation is 3. The molecule has 4 aromatic rings. The van der Waals surface area contributed by atoms with Crippen LogP contribution in [0.5, 0.6) is 5.75 Å². The Hall–Kier alpha value is -3.99. The summed E-state index contributed by atoms with van der Waals surface area (Å²) in [7, 11) is 0. The van der Waals surface area contributed by atoms with Crippen LogP contribution in [0.25, 0.3) is 11.3 Å². The molecule has 0 unspecified atom stereocenters. The molecule has 0 spiro atoms. The maximum atomic E-state index is 12.8. The fourth-order valence-electron chi connectivity index (χ4n) is 4.47. The van der Waals surface area contributed by atoms with Crippen LogP contribution in [0.4, 0.5) is 5.82 Å². The van der Waals surface area contributed by atoms with E-state index in [2.05, 4.69) is 29.6 Å². The van der Waals surface area contributed by atoms with Gasteiger partial charge in [-0.15, -0.1) is 0 Å². The Balaban J connectivity index is 1.40. The molecule has 1 aliphatic carbocycles. The molecule has 2 N–H and O–H groups in total. The first-order chi connectivity index (χ1) is 16.7. The van der Waals surface area contributed by atoms with E-state index in [4.69, 9.17) is 9.97 Å². The molecule has 0 bridgehead atoms. The molecule has 0 aliphatic heterocycles. The highest BCUT2D eigenvalue weighted by Crippen LogP contribution is 2.35. The quantitative estimate of drug-likeness (QED) is 0.391. The number of fused-ring (bicyclic) bond motifs is 3. The summed E-state index contributed by atoms with van der Waals surface area (Å²) >= 11 is 0. The number of aromatic hydroxyl groups is 1. The van der Waals surface area contributed by atoms with E-state index in [9.17, 15) is 9.90 Å². The Kier molecular flexibility index (Phi) is 6.34. The zero-order chi connectivity index (χ0) is 23.3. The summed E-state index contributed by atoms with van der Waals surface area (Å²) in [6.45, 7) is 0. The summed E-state index contributed by atoms with van der Waals surface area (Å²) in [5.74, 6) is 0.772. The van der Waals surface area contributed by atoms with Crippen molar-refractivity contribution in [1.82, 2.24) is 9.97 Å². The van der Waals surface area contributed by atoms with Gasteiger partial charge in [-0.25, -0.2) is 9.97 Å². The summed E-state index contributed by atoms with van der Waals surface area (Å²) < 4.78 is 0. The Labute approximate surface area is 199 Å². The summed E-state index contributed by atoms with van der Waals surface area (Å²) in [5, 5.41) is 12.9. The lowest BCUT2D eigenvalue weighted by Crippen LogP contribution is -2.18. The molecule has 1 heterocycles. The molecule has 5 nitrogen and oxygen atoms in total. The van der Waals surface area contributed by atoms with Gasteiger partial charge in [-0.3, -0.25) is 4.79 Å². The van der Waals surface area contributed by atoms with Gasteiger partial charge in [0.15, 0.2) is 5.82 Å². The van der Waals surface area contributed by atoms with Crippen molar-refractivity contribution >= 4 is 11.7 Å². The molecule has 0 radical (unpaired) electrons. The number of nitrogens with one attached hydrogen (secondary N) is 1. The molecule has 0 saturated carbocycles. The fourth-order valence-corrected chi connectivity index (χ4v) is 4.47. The molecule has 0 atom stereocenters. The van der Waals surface area contributed by atoms with Crippen LogP contribution in [0.15, 0.2) is 78.9 Å². The molecule has 1 aromatic heterocycles. The molecule has 5 rings (SSSR count). The van der Waals surface area contributed by atoms with Crippen LogP contribution in [-0.2, 0) is 30.5 Å². The first-order valence-corrected chi connectivity index (χ1v) is 11.8. The Morgan fingerprint density at radius 2 is 1.62 bits per heavy atom. The second kappa shape index (κ2) is 9.87. The molecule has 1 amide bonds. The minimum Gasteiger partial charge on any atom is -0.508 e. The van der Waals surface area contributed by atoms with Gasteiger partial charge in [-0.1, -0.05) is 60.7 Å². The normalized spacial score (nSPS) is 12.0. The zero-order valence-electron chi connectivity index (χ0n) is 19.0. The van der Waals surface area contributed by atoms with E-state index in [-0.39, 0.29) is 11.7 Å². The van der Waals surface area contributed by atoms with Crippen LogP contribution >= 0.6 is 0 Å². The van der Waals surface area contributed by atoms with E-state index in [1.807, 2.05) is 42.5 Å². The van der Waals surface area contributed by atoms with E-state index >= 15 is 0 Å². The lowest BCUT2D eigenvalue weighted by Gasteiger charge is -2.21. The van der Waals surface area contributed by atoms with Crippen LogP contribution in [0.1, 0.15) is 40.9 Å². The van der Waals surface area contributed by atoms with Gasteiger partial charge in [-0.2, -0.15) is 0 Å². The lowest BCUT2D eigenvalue weighted by molar-refractivity contribution is -0.116. The van der Waals surface area contributed by atoms with Crippen molar-refractivity contribution < 1.29 is 9.90 Å². The van der Waals surface area contributed by atoms with Crippen molar-refractivity contribution in [2.24, 2.45) is 0 Å². The molecular formula is C29H27N3O2. The third-order valence-electron chi connectivity index (χ3n) is 6.20. The molecule has 1 aliphatic rings. The maximum Gasteiger partial charge on any atom is 0.225 e. The smallest absolute Gasteiger partial charge is 0.225 e. The minimum absolute atomic E-state index is 0.0411. The first-order valence-electron chi connectivity index (χ1n) is 11.8. The number of phenols is 1. The lowest BCUT2D eigenvalue weighted by atomic mass is 9.91. The van der Waals surface area contributed by atoms with Gasteiger partial charge < -0.3 is 10.4 Å². The van der Waals surface area contributed by atoms with Crippen LogP contribution in [-0.4, -0.2) is 21.0 Å². The van der Waals surface area contributed by atoms with Gasteiger partial charge in [0.05, 0.1) is 17.1 Å². The predicted molar refractivity (Wildman–Crippen MR) is 134 cm³/mol. The molecule has 5 heteroatoms. The number of anilines is 1. The fraction of sp³-hybridized carbons (Fsp3) is 0.207. The van der Waals surface area contributed by atoms with Crippen molar-refractivity contribution in [1.29, 1.82) is 0 Å². The largest absolute Gasteiger partial charge is 0.508 e. The number of hydrogen-bond acceptors (Lipinski definition) is 4. The van der Waals surface area contributed by atoms with E-state index in [1.54, 1.807) is 12.1 Å². The maximum absolute atomic E-state index is 12.8. The van der Waals surface area contributed by atoms with Crippen LogP contribution < -0.4 is 5.32 Å². The second-order valence-electron chi connectivity index (χ2n) is 8.71. The molecule has 3 aromatic carbocycles. The number of carbonyl (C=O) groups is 1. The monoisotopic (exact) mass is 449 g/mol. The molecular weight excluding hydrogens is 422 g/mol. The predicted octanol–water partition coefficient (Wildman–Crippen LogP) is 5.50. The number of benzene rings is 3. The number of rotatable bonds is 7. The van der Waals surface area contributed by atoms with E-state index in [1.165, 1.54) is 5.56 Å². The standard InChI is InChI=1S/C29H27N3O2/c33-23-15-16-24-22(19-23)14-17-25-28(24)30-26(18-21-10-5-2-6-11-21)29(31-25)32-27(34)13-7-12-20-8-3-1-4-9-20/h1-6,8-11,15-16,19,33H,7,12-14,17-18H2,(H,31,32,34). The van der Waals surface area contributed by atoms with Gasteiger partial charge in [0.1, 0.15) is 5.75 Å². The number of amides is 1. The minimum atomic E-state index is -0.0411. The number of aromatic nitrogens is 2. The number of carbonyl (C=O) groups excluding carboxylic acids is 1. The summed E-state index contributed by atoms with van der Waals surface area (Å²) in [6, 6.07) is 25.7. The van der Waals surface area contributed by atoms with Crippen molar-refractivity contribution in [3.05, 3.63) is 107 Å². The highest BCUT2D eigenvalue weighted by molar-refractivity contribution is 5.90. The molecule has 0 saturated heterocycles. The number of nitrogens with zero attached hydrogens (tertiary/aromatic N) is 2. The van der Waals surface area contributed by atoms with Gasteiger partial charge in [0.25, 0.3) is 0 Å². The van der Waals surface area contributed by atoms with Crippen molar-refractivity contribution in [3.8, 4) is 17.0 Å². The highest BCUT2D eigenvalue weighted by atomic mass is 16.3. The van der Waals surface area contributed by atoms with Gasteiger partial charge in [0, 0.05) is 18.4 Å². The molecule has 0 fully saturated rings. The summed E-state index contributed by atoms with van der Waals surface area (Å²) in [6.07, 6.45) is 4.16. The van der Waals surface area contributed by atoms with Crippen molar-refractivity contribution in [2.75, 3.05) is 5.32 Å². The molecule has 170 valence electrons. The van der Waals surface area contributed by atoms with Gasteiger partial charge >= 0.3 is 0 Å². The van der Waals surface area contributed by atoms with Gasteiger partial charge in [-0.05, 0) is 60.6 Å². The first kappa shape index (κ1) is 21.8. The van der Waals surface area contributed by atoms with E-state index < -0.39 is 0 Å². The molecule has 34 heavy (non-hydrogen) atoms. The zero-order valence-corrected chi connectivity index (χ0v) is 19.0. The average Bonchev–Trinajstić information content (AvgIpc) is 2.85. The van der Waals surface area contributed by atoms with E-state index in [0.29, 0.717) is 18.7 Å². The Bertz CT molecular complexity index is 1300. The summed E-state index contributed by atoms with van der Waals surface area (Å²) in [4.78, 5) is 22.7. The second-order valence-corrected chi connectivity index (χ2v) is 8.71. The third kappa shape index (κ3) is 4.99. The number of hydrogen-bond donors (Lipinski definition) is 2. The highest BCUT2D eigenvalue weighted by Gasteiger charge is 2.23. The van der Waals surface area contributed by atoms with Crippen LogP contribution in [0.2, 0.25) is 0 Å². The van der Waals surface area contributed by atoms with Gasteiger partial charge in [0.2, 0.25) is 5.91 Å². The third-order valence-corrected chi connectivity index (χ3v) is 6.20. The number of phenolic OH excluding ortho intramolecular Hbond substituents is 1. The SMILES string of the molecule is O=C(CCCc1ccccc1)Nc1nc2c(nc1Cc1ccccc1)-c1ccc(O)cc1CC2.